The van der Waals surface area contributed by atoms with Gasteiger partial charge < -0.3 is 0 Å². The Morgan fingerprint density at radius 1 is 0.737 bits per heavy atom. The van der Waals surface area contributed by atoms with Gasteiger partial charge in [0.2, 0.25) is 0 Å². The van der Waals surface area contributed by atoms with E-state index in [2.05, 4.69) is 0 Å². The summed E-state index contributed by atoms with van der Waals surface area (Å²) in [5.74, 6) is -0.653. The molecular weight excluding hydrogens is 439 g/mol. The number of alkyl halides is 5. The second-order valence-corrected chi connectivity index (χ2v) is 8.99. The maximum atomic E-state index is 6.65. The molecule has 0 unspecified atom stereocenters. The molecule has 6 atom stereocenters. The third-order valence-electron chi connectivity index (χ3n) is 4.04. The molecular formula is C10H3Cl9. The lowest BCUT2D eigenvalue weighted by molar-refractivity contribution is 0.443. The van der Waals surface area contributed by atoms with Crippen molar-refractivity contribution in [2.75, 3.05) is 0 Å². The molecule has 0 saturated heterocycles. The van der Waals surface area contributed by atoms with Gasteiger partial charge in [-0.3, -0.25) is 0 Å². The molecule has 3 aliphatic rings. The van der Waals surface area contributed by atoms with Gasteiger partial charge in [0.05, 0.1) is 30.9 Å². The second-order valence-electron chi connectivity index (χ2n) is 4.72. The van der Waals surface area contributed by atoms with Crippen molar-refractivity contribution in [2.24, 2.45) is 5.92 Å². The molecule has 0 nitrogen and oxygen atoms in total. The average molecular weight is 442 g/mol. The summed E-state index contributed by atoms with van der Waals surface area (Å²) in [6.45, 7) is 0. The third kappa shape index (κ3) is 1.38. The molecule has 106 valence electrons. The highest BCUT2D eigenvalue weighted by molar-refractivity contribution is 6.61. The van der Waals surface area contributed by atoms with Gasteiger partial charge in [-0.1, -0.05) is 46.4 Å². The number of fused-ring (bicyclic) bond motifs is 5. The fraction of sp³-hybridized carbons (Fsp3) is 0.600. The van der Waals surface area contributed by atoms with Crippen LogP contribution in [0.25, 0.3) is 0 Å². The highest BCUT2D eigenvalue weighted by atomic mass is 35.5. The lowest BCUT2D eigenvalue weighted by Gasteiger charge is -2.40. The lowest BCUT2D eigenvalue weighted by atomic mass is 9.83. The minimum atomic E-state index is -1.44. The zero-order valence-corrected chi connectivity index (χ0v) is 15.4. The van der Waals surface area contributed by atoms with Crippen LogP contribution in [0, 0.1) is 5.92 Å². The smallest absolute Gasteiger partial charge is 0.118 e. The number of hydrogen-bond donors (Lipinski definition) is 0. The van der Waals surface area contributed by atoms with Gasteiger partial charge in [-0.25, -0.2) is 0 Å². The van der Waals surface area contributed by atoms with E-state index >= 15 is 0 Å². The molecule has 2 bridgehead atoms. The molecule has 9 heteroatoms. The van der Waals surface area contributed by atoms with Gasteiger partial charge in [0.15, 0.2) is 0 Å². The van der Waals surface area contributed by atoms with Crippen molar-refractivity contribution >= 4 is 104 Å². The summed E-state index contributed by atoms with van der Waals surface area (Å²) in [7, 11) is 0. The van der Waals surface area contributed by atoms with Gasteiger partial charge in [0, 0.05) is 5.92 Å². The van der Waals surface area contributed by atoms with Crippen molar-refractivity contribution in [1.29, 1.82) is 0 Å². The number of halogens is 9. The van der Waals surface area contributed by atoms with Crippen LogP contribution in [0.5, 0.6) is 0 Å². The van der Waals surface area contributed by atoms with Crippen LogP contribution in [-0.4, -0.2) is 25.4 Å². The van der Waals surface area contributed by atoms with Gasteiger partial charge in [-0.05, 0) is 0 Å². The van der Waals surface area contributed by atoms with Crippen molar-refractivity contribution in [3.8, 4) is 0 Å². The molecule has 0 radical (unpaired) electrons. The second kappa shape index (κ2) is 4.34. The Bertz CT molecular complexity index is 553. The zero-order chi connectivity index (χ0) is 14.5. The predicted molar refractivity (Wildman–Crippen MR) is 86.0 cm³/mol. The standard InChI is InChI=1S/C10H3Cl9/c11-1-2(12)4(13)9(18)3(1)8(17)5(14)6(15)10(9,19)7(8)16/h1,3,7H/t1-,3-,7-,8+,9+,10+/m0/s1. The largest absolute Gasteiger partial charge is 0.124 e. The van der Waals surface area contributed by atoms with Crippen molar-refractivity contribution in [3.05, 3.63) is 20.1 Å². The van der Waals surface area contributed by atoms with Gasteiger partial charge in [-0.15, -0.1) is 58.0 Å². The van der Waals surface area contributed by atoms with Crippen LogP contribution in [-0.2, 0) is 0 Å². The van der Waals surface area contributed by atoms with E-state index in [9.17, 15) is 0 Å². The summed E-state index contributed by atoms with van der Waals surface area (Å²) in [5.41, 5.74) is 0. The van der Waals surface area contributed by atoms with E-state index in [0.717, 1.165) is 0 Å². The van der Waals surface area contributed by atoms with Crippen LogP contribution in [0.15, 0.2) is 20.1 Å². The molecule has 3 rings (SSSR count). The highest BCUT2D eigenvalue weighted by Crippen LogP contribution is 2.78. The van der Waals surface area contributed by atoms with Crippen molar-refractivity contribution in [3.63, 3.8) is 0 Å². The van der Waals surface area contributed by atoms with Crippen LogP contribution in [0.1, 0.15) is 0 Å². The van der Waals surface area contributed by atoms with E-state index in [1.165, 1.54) is 0 Å². The fourth-order valence-corrected chi connectivity index (χ4v) is 7.95. The van der Waals surface area contributed by atoms with E-state index in [-0.39, 0.29) is 20.1 Å². The first-order valence-electron chi connectivity index (χ1n) is 5.04. The minimum absolute atomic E-state index is 0.0884. The Balaban J connectivity index is 2.37. The molecule has 0 spiro atoms. The number of hydrogen-bond acceptors (Lipinski definition) is 0. The molecule has 1 fully saturated rings. The molecule has 0 N–H and O–H groups in total. The van der Waals surface area contributed by atoms with E-state index < -0.39 is 31.3 Å². The topological polar surface area (TPSA) is 0 Å². The Kier molecular flexibility index (Phi) is 3.64. The number of rotatable bonds is 0. The Hall–Kier alpha value is 2.09. The summed E-state index contributed by atoms with van der Waals surface area (Å²) in [4.78, 5) is -4.11. The summed E-state index contributed by atoms with van der Waals surface area (Å²) in [6.07, 6.45) is 0. The van der Waals surface area contributed by atoms with Crippen LogP contribution in [0.2, 0.25) is 0 Å². The Labute approximate surface area is 154 Å². The normalized spacial score (nSPS) is 56.4. The van der Waals surface area contributed by atoms with Gasteiger partial charge in [0.1, 0.15) is 14.6 Å². The molecule has 0 aliphatic heterocycles. The van der Waals surface area contributed by atoms with Crippen molar-refractivity contribution in [1.82, 2.24) is 0 Å². The van der Waals surface area contributed by atoms with Crippen LogP contribution in [0.3, 0.4) is 0 Å². The van der Waals surface area contributed by atoms with E-state index in [0.29, 0.717) is 0 Å². The van der Waals surface area contributed by atoms with Crippen LogP contribution in [0.4, 0.5) is 0 Å². The van der Waals surface area contributed by atoms with Gasteiger partial charge >= 0.3 is 0 Å². The highest BCUT2D eigenvalue weighted by Gasteiger charge is 2.84. The van der Waals surface area contributed by atoms with Gasteiger partial charge in [-0.2, -0.15) is 0 Å². The Morgan fingerprint density at radius 3 is 1.79 bits per heavy atom. The molecule has 0 amide bonds. The van der Waals surface area contributed by atoms with E-state index in [1.807, 2.05) is 0 Å². The van der Waals surface area contributed by atoms with Crippen LogP contribution >= 0.6 is 104 Å². The lowest BCUT2D eigenvalue weighted by Crippen LogP contribution is -2.50. The van der Waals surface area contributed by atoms with Crippen LogP contribution < -0.4 is 0 Å². The predicted octanol–water partition coefficient (Wildman–Crippen LogP) is 6.17. The first-order valence-corrected chi connectivity index (χ1v) is 8.55. The molecule has 19 heavy (non-hydrogen) atoms. The summed E-state index contributed by atoms with van der Waals surface area (Å²) in [5, 5.41) is -1.04. The summed E-state index contributed by atoms with van der Waals surface area (Å²) in [6, 6.07) is 0. The first-order chi connectivity index (χ1) is 8.57. The molecule has 0 heterocycles. The average Bonchev–Trinajstić information content (AvgIpc) is 2.69. The van der Waals surface area contributed by atoms with Crippen molar-refractivity contribution in [2.45, 2.75) is 25.4 Å². The molecule has 3 aliphatic carbocycles. The maximum absolute atomic E-state index is 6.65. The first kappa shape index (κ1) is 16.0. The van der Waals surface area contributed by atoms with E-state index in [1.54, 1.807) is 0 Å². The SMILES string of the molecule is ClC1=C(Cl)[C@]2(Cl)[C@@H]([C@H]1Cl)[C@@]1(Cl)C(Cl)=C(Cl)[C@@]2(Cl)[C@H]1Cl. The zero-order valence-electron chi connectivity index (χ0n) is 8.63. The molecule has 1 saturated carbocycles. The third-order valence-corrected chi connectivity index (χ3v) is 10.1. The quantitative estimate of drug-likeness (QED) is 0.394. The monoisotopic (exact) mass is 438 g/mol. The van der Waals surface area contributed by atoms with E-state index in [4.69, 9.17) is 104 Å². The maximum Gasteiger partial charge on any atom is 0.124 e. The molecule has 0 aromatic carbocycles. The molecule has 0 aromatic rings. The fourth-order valence-electron chi connectivity index (χ4n) is 3.15. The minimum Gasteiger partial charge on any atom is -0.118 e. The molecule has 0 aromatic heterocycles. The summed E-state index contributed by atoms with van der Waals surface area (Å²) < 4.78 is 0. The summed E-state index contributed by atoms with van der Waals surface area (Å²) >= 11 is 57.2. The van der Waals surface area contributed by atoms with Gasteiger partial charge in [0.25, 0.3) is 0 Å². The van der Waals surface area contributed by atoms with Crippen molar-refractivity contribution < 1.29 is 0 Å². The Morgan fingerprint density at radius 2 is 1.26 bits per heavy atom. The number of allylic oxidation sites excluding steroid dienone is 4.